The molecular formula is C14H16N2O. The van der Waals surface area contributed by atoms with Crippen LogP contribution in [0.2, 0.25) is 0 Å². The fraction of sp³-hybridized carbons (Fsp3) is 0.286. The second-order valence-electron chi connectivity index (χ2n) is 4.42. The highest BCUT2D eigenvalue weighted by molar-refractivity contribution is 5.42. The lowest BCUT2D eigenvalue weighted by Gasteiger charge is -2.30. The number of dihydropyridines is 1. The van der Waals surface area contributed by atoms with E-state index in [9.17, 15) is 0 Å². The Morgan fingerprint density at radius 1 is 1.24 bits per heavy atom. The van der Waals surface area contributed by atoms with Crippen LogP contribution in [0.1, 0.15) is 18.0 Å². The molecule has 1 fully saturated rings. The van der Waals surface area contributed by atoms with Crippen molar-refractivity contribution < 1.29 is 4.74 Å². The van der Waals surface area contributed by atoms with E-state index in [4.69, 9.17) is 10.5 Å². The first-order valence-corrected chi connectivity index (χ1v) is 5.93. The lowest BCUT2D eigenvalue weighted by atomic mass is 9.93. The van der Waals surface area contributed by atoms with Gasteiger partial charge in [0, 0.05) is 5.57 Å². The van der Waals surface area contributed by atoms with E-state index in [2.05, 4.69) is 35.7 Å². The van der Waals surface area contributed by atoms with Gasteiger partial charge in [0.2, 0.25) is 0 Å². The van der Waals surface area contributed by atoms with Gasteiger partial charge in [-0.2, -0.15) is 0 Å². The van der Waals surface area contributed by atoms with Crippen molar-refractivity contribution in [1.82, 2.24) is 5.32 Å². The smallest absolute Gasteiger partial charge is 0.103 e. The predicted octanol–water partition coefficient (Wildman–Crippen LogP) is 1.85. The third kappa shape index (κ3) is 1.94. The van der Waals surface area contributed by atoms with E-state index in [1.165, 1.54) is 11.1 Å². The number of rotatable bonds is 1. The molecule has 2 aliphatic heterocycles. The van der Waals surface area contributed by atoms with E-state index < -0.39 is 0 Å². The summed E-state index contributed by atoms with van der Waals surface area (Å²) in [4.78, 5) is 0. The summed E-state index contributed by atoms with van der Waals surface area (Å²) in [6.07, 6.45) is 3.23. The molecule has 3 N–H and O–H groups in total. The van der Waals surface area contributed by atoms with Gasteiger partial charge >= 0.3 is 0 Å². The number of hydrogen-bond donors (Lipinski definition) is 2. The molecule has 0 amide bonds. The summed E-state index contributed by atoms with van der Waals surface area (Å²) in [6.45, 7) is 1.43. The molecule has 3 nitrogen and oxygen atoms in total. The van der Waals surface area contributed by atoms with E-state index in [-0.39, 0.29) is 6.04 Å². The van der Waals surface area contributed by atoms with Crippen molar-refractivity contribution in [2.24, 2.45) is 5.73 Å². The van der Waals surface area contributed by atoms with Crippen LogP contribution in [0, 0.1) is 0 Å². The van der Waals surface area contributed by atoms with Crippen LogP contribution in [0.4, 0.5) is 0 Å². The Balaban J connectivity index is 1.92. The summed E-state index contributed by atoms with van der Waals surface area (Å²) in [6, 6.07) is 10.6. The van der Waals surface area contributed by atoms with Gasteiger partial charge in [0.05, 0.1) is 19.3 Å². The molecule has 0 spiro atoms. The average molecular weight is 228 g/mol. The summed E-state index contributed by atoms with van der Waals surface area (Å²) in [5.74, 6) is 0.760. The van der Waals surface area contributed by atoms with Crippen LogP contribution in [-0.4, -0.2) is 13.2 Å². The van der Waals surface area contributed by atoms with Crippen molar-refractivity contribution in [2.75, 3.05) is 13.2 Å². The van der Waals surface area contributed by atoms with Gasteiger partial charge in [-0.25, -0.2) is 0 Å². The van der Waals surface area contributed by atoms with Crippen molar-refractivity contribution in [3.63, 3.8) is 0 Å². The molecule has 1 aromatic rings. The predicted molar refractivity (Wildman–Crippen MR) is 67.1 cm³/mol. The minimum absolute atomic E-state index is 0.188. The molecule has 0 radical (unpaired) electrons. The van der Waals surface area contributed by atoms with Crippen molar-refractivity contribution >= 4 is 0 Å². The van der Waals surface area contributed by atoms with Crippen molar-refractivity contribution in [2.45, 2.75) is 12.5 Å². The van der Waals surface area contributed by atoms with Gasteiger partial charge in [-0.05, 0) is 17.6 Å². The molecule has 3 rings (SSSR count). The van der Waals surface area contributed by atoms with Crippen molar-refractivity contribution in [3.05, 3.63) is 58.9 Å². The van der Waals surface area contributed by atoms with Gasteiger partial charge in [0.1, 0.15) is 5.82 Å². The molecule has 0 saturated carbocycles. The zero-order valence-corrected chi connectivity index (χ0v) is 9.65. The molecule has 0 aliphatic carbocycles. The zero-order valence-electron chi connectivity index (χ0n) is 9.65. The average Bonchev–Trinajstić information content (AvgIpc) is 2.40. The maximum atomic E-state index is 6.06. The summed E-state index contributed by atoms with van der Waals surface area (Å²) >= 11 is 0. The zero-order chi connectivity index (χ0) is 11.7. The molecule has 1 unspecified atom stereocenters. The Kier molecular flexibility index (Phi) is 2.61. The Bertz CT molecular complexity index is 476. The Morgan fingerprint density at radius 2 is 2.06 bits per heavy atom. The van der Waals surface area contributed by atoms with Crippen molar-refractivity contribution in [1.29, 1.82) is 0 Å². The first kappa shape index (κ1) is 10.4. The SMILES string of the molecule is NC1=C2COCCC2=CC(c2ccccc2)N1. The van der Waals surface area contributed by atoms with Crippen LogP contribution < -0.4 is 11.1 Å². The second-order valence-corrected chi connectivity index (χ2v) is 4.42. The third-order valence-electron chi connectivity index (χ3n) is 3.31. The molecule has 0 bridgehead atoms. The number of nitrogens with one attached hydrogen (secondary N) is 1. The van der Waals surface area contributed by atoms with E-state index in [0.29, 0.717) is 6.61 Å². The summed E-state index contributed by atoms with van der Waals surface area (Å²) in [7, 11) is 0. The van der Waals surface area contributed by atoms with Gasteiger partial charge < -0.3 is 15.8 Å². The second kappa shape index (κ2) is 4.26. The number of nitrogens with two attached hydrogens (primary N) is 1. The van der Waals surface area contributed by atoms with Gasteiger partial charge in [-0.3, -0.25) is 0 Å². The van der Waals surface area contributed by atoms with Crippen LogP contribution >= 0.6 is 0 Å². The monoisotopic (exact) mass is 228 g/mol. The maximum absolute atomic E-state index is 6.06. The van der Waals surface area contributed by atoms with Crippen LogP contribution in [0.15, 0.2) is 53.4 Å². The normalized spacial score (nSPS) is 23.8. The Labute approximate surface area is 101 Å². The number of hydrogen-bond acceptors (Lipinski definition) is 3. The molecule has 1 saturated heterocycles. The molecule has 0 aromatic heterocycles. The van der Waals surface area contributed by atoms with E-state index in [1.807, 2.05) is 6.07 Å². The van der Waals surface area contributed by atoms with E-state index >= 15 is 0 Å². The van der Waals surface area contributed by atoms with Gasteiger partial charge in [-0.15, -0.1) is 0 Å². The largest absolute Gasteiger partial charge is 0.385 e. The van der Waals surface area contributed by atoms with Crippen LogP contribution in [0.5, 0.6) is 0 Å². The Morgan fingerprint density at radius 3 is 2.88 bits per heavy atom. The van der Waals surface area contributed by atoms with E-state index in [1.54, 1.807) is 0 Å². The summed E-state index contributed by atoms with van der Waals surface area (Å²) in [5.41, 5.74) is 9.77. The summed E-state index contributed by atoms with van der Waals surface area (Å²) in [5, 5.41) is 3.33. The number of fused-ring (bicyclic) bond motifs is 1. The van der Waals surface area contributed by atoms with E-state index in [0.717, 1.165) is 24.4 Å². The molecule has 88 valence electrons. The molecule has 17 heavy (non-hydrogen) atoms. The molecular weight excluding hydrogens is 212 g/mol. The minimum atomic E-state index is 0.188. The van der Waals surface area contributed by atoms with Crippen LogP contribution in [-0.2, 0) is 4.74 Å². The lowest BCUT2D eigenvalue weighted by Crippen LogP contribution is -2.33. The fourth-order valence-corrected chi connectivity index (χ4v) is 2.37. The highest BCUT2D eigenvalue weighted by Crippen LogP contribution is 2.30. The first-order chi connectivity index (χ1) is 8.34. The van der Waals surface area contributed by atoms with Crippen LogP contribution in [0.3, 0.4) is 0 Å². The molecule has 2 aliphatic rings. The maximum Gasteiger partial charge on any atom is 0.103 e. The molecule has 3 heteroatoms. The topological polar surface area (TPSA) is 47.3 Å². The highest BCUT2D eigenvalue weighted by Gasteiger charge is 2.23. The molecule has 1 atom stereocenters. The summed E-state index contributed by atoms with van der Waals surface area (Å²) < 4.78 is 5.43. The van der Waals surface area contributed by atoms with Gasteiger partial charge in [0.15, 0.2) is 0 Å². The minimum Gasteiger partial charge on any atom is -0.385 e. The van der Waals surface area contributed by atoms with Crippen molar-refractivity contribution in [3.8, 4) is 0 Å². The standard InChI is InChI=1S/C14H16N2O/c15-14-12-9-17-7-6-11(12)8-13(16-14)10-4-2-1-3-5-10/h1-5,8,13,16H,6-7,9,15H2. The third-order valence-corrected chi connectivity index (χ3v) is 3.31. The van der Waals surface area contributed by atoms with Gasteiger partial charge in [0.25, 0.3) is 0 Å². The van der Waals surface area contributed by atoms with Gasteiger partial charge in [-0.1, -0.05) is 36.4 Å². The first-order valence-electron chi connectivity index (χ1n) is 5.93. The Hall–Kier alpha value is -1.74. The quantitative estimate of drug-likeness (QED) is 0.771. The lowest BCUT2D eigenvalue weighted by molar-refractivity contribution is 0.143. The molecule has 1 aromatic carbocycles. The fourth-order valence-electron chi connectivity index (χ4n) is 2.37. The highest BCUT2D eigenvalue weighted by atomic mass is 16.5. The van der Waals surface area contributed by atoms with Crippen LogP contribution in [0.25, 0.3) is 0 Å². The number of benzene rings is 1. The number of ether oxygens (including phenoxy) is 1. The molecule has 2 heterocycles.